The largest absolute Gasteiger partial charge is 0.369 e. The molecule has 3 heterocycles. The molecule has 3 aromatic rings. The molecule has 2 aliphatic carbocycles. The molecule has 2 amide bonds. The summed E-state index contributed by atoms with van der Waals surface area (Å²) in [6.07, 6.45) is 5.15. The fraction of sp³-hybridized carbons (Fsp3) is 0.385. The van der Waals surface area contributed by atoms with E-state index in [1.807, 2.05) is 23.6 Å². The van der Waals surface area contributed by atoms with E-state index in [1.54, 1.807) is 11.3 Å². The normalized spacial score (nSPS) is 24.6. The molecule has 2 unspecified atom stereocenters. The number of thiophene rings is 1. The Labute approximate surface area is 229 Å². The highest BCUT2D eigenvalue weighted by Gasteiger charge is 2.48. The summed E-state index contributed by atoms with van der Waals surface area (Å²) in [5, 5.41) is 15.7. The van der Waals surface area contributed by atoms with Crippen LogP contribution in [-0.4, -0.2) is 65.4 Å². The fourth-order valence-corrected chi connectivity index (χ4v) is 6.71. The minimum Gasteiger partial charge on any atom is -0.369 e. The van der Waals surface area contributed by atoms with Crippen LogP contribution in [0.2, 0.25) is 0 Å². The Balaban J connectivity index is 1.17. The third kappa shape index (κ3) is 5.14. The van der Waals surface area contributed by atoms with Gasteiger partial charge in [-0.1, -0.05) is 22.5 Å². The Morgan fingerprint density at radius 3 is 2.56 bits per heavy atom. The predicted molar refractivity (Wildman–Crippen MR) is 151 cm³/mol. The third-order valence-corrected chi connectivity index (χ3v) is 8.66. The number of nitrogens with zero attached hydrogens (tertiary/aromatic N) is 6. The number of carbonyl (C=O) groups excluding carboxylic acids is 2. The highest BCUT2D eigenvalue weighted by molar-refractivity contribution is 7.17. The van der Waals surface area contributed by atoms with Crippen LogP contribution in [0.15, 0.2) is 58.2 Å². The van der Waals surface area contributed by atoms with Crippen LogP contribution in [0.25, 0.3) is 10.2 Å². The molecule has 2 bridgehead atoms. The molecular formula is C26H30N10O2S. The molecule has 4 atom stereocenters. The number of rotatable bonds is 8. The summed E-state index contributed by atoms with van der Waals surface area (Å²) in [5.74, 6) is 5.73. The van der Waals surface area contributed by atoms with Gasteiger partial charge >= 0.3 is 0 Å². The van der Waals surface area contributed by atoms with Crippen LogP contribution >= 0.6 is 11.3 Å². The van der Waals surface area contributed by atoms with Gasteiger partial charge in [0.1, 0.15) is 5.82 Å². The Morgan fingerprint density at radius 1 is 1.05 bits per heavy atom. The van der Waals surface area contributed by atoms with Crippen molar-refractivity contribution >= 4 is 56.5 Å². The second-order valence-electron chi connectivity index (χ2n) is 10.1. The van der Waals surface area contributed by atoms with E-state index >= 15 is 0 Å². The maximum absolute atomic E-state index is 12.7. The van der Waals surface area contributed by atoms with Crippen LogP contribution in [0, 0.1) is 17.8 Å². The number of hydrogen-bond donors (Lipinski definition) is 4. The van der Waals surface area contributed by atoms with Gasteiger partial charge in [0.2, 0.25) is 11.9 Å². The van der Waals surface area contributed by atoms with Crippen molar-refractivity contribution < 1.29 is 9.59 Å². The molecule has 1 aliphatic heterocycles. The lowest BCUT2D eigenvalue weighted by Crippen LogP contribution is -2.48. The van der Waals surface area contributed by atoms with E-state index in [0.29, 0.717) is 18.3 Å². The Morgan fingerprint density at radius 2 is 1.82 bits per heavy atom. The van der Waals surface area contributed by atoms with E-state index in [9.17, 15) is 9.59 Å². The van der Waals surface area contributed by atoms with Gasteiger partial charge in [-0.3, -0.25) is 14.5 Å². The van der Waals surface area contributed by atoms with Gasteiger partial charge in [-0.15, -0.1) is 11.3 Å². The molecule has 12 nitrogen and oxygen atoms in total. The molecule has 0 spiro atoms. The molecule has 1 saturated carbocycles. The van der Waals surface area contributed by atoms with Gasteiger partial charge in [0.05, 0.1) is 22.7 Å². The minimum atomic E-state index is -0.334. The standard InChI is InChI=1S/C26H30N10O2S/c27-20(37)14-35-8-10-36(11-9-35)18-5-3-17(4-6-18)29-26-30-19-7-12-39-23(19)24(32-26)31-22-16-2-1-15(13-16)21(22)25(38)33-34-28/h1-7,12,15-16,21-22H,8-11,13-14H2,(H2,27,37)(H2,28,33,38)(H2,29,30,31,32)/t15?,16?,21-,22+/m0/s1. The van der Waals surface area contributed by atoms with Crippen molar-refractivity contribution in [2.24, 2.45) is 39.7 Å². The monoisotopic (exact) mass is 546 g/mol. The van der Waals surface area contributed by atoms with Gasteiger partial charge in [-0.25, -0.2) is 4.98 Å². The number of nitrogens with two attached hydrogens (primary N) is 2. The van der Waals surface area contributed by atoms with Crippen LogP contribution in [-0.2, 0) is 9.59 Å². The van der Waals surface area contributed by atoms with Crippen molar-refractivity contribution in [3.05, 3.63) is 47.9 Å². The van der Waals surface area contributed by atoms with Crippen molar-refractivity contribution in [1.29, 1.82) is 0 Å². The number of hydrogen-bond acceptors (Lipinski definition) is 10. The van der Waals surface area contributed by atoms with Gasteiger partial charge in [-0.2, -0.15) is 4.98 Å². The maximum Gasteiger partial charge on any atom is 0.272 e. The lowest BCUT2D eigenvalue weighted by molar-refractivity contribution is -0.123. The Hall–Kier alpha value is -4.10. The highest BCUT2D eigenvalue weighted by Crippen LogP contribution is 2.46. The van der Waals surface area contributed by atoms with E-state index < -0.39 is 0 Å². The average Bonchev–Trinajstić information content (AvgIpc) is 3.66. The number of piperazine rings is 1. The van der Waals surface area contributed by atoms with E-state index in [1.165, 1.54) is 0 Å². The van der Waals surface area contributed by atoms with Crippen LogP contribution in [0.4, 0.5) is 23.1 Å². The van der Waals surface area contributed by atoms with Gasteiger partial charge in [0, 0.05) is 43.6 Å². The first-order chi connectivity index (χ1) is 19.0. The minimum absolute atomic E-state index is 0.119. The molecule has 1 saturated heterocycles. The van der Waals surface area contributed by atoms with Crippen LogP contribution in [0.5, 0.6) is 0 Å². The molecule has 3 aliphatic rings. The average molecular weight is 547 g/mol. The number of primary amides is 1. The Bertz CT molecular complexity index is 1430. The highest BCUT2D eigenvalue weighted by atomic mass is 32.1. The topological polar surface area (TPSA) is 167 Å². The van der Waals surface area contributed by atoms with Crippen LogP contribution in [0.3, 0.4) is 0 Å². The zero-order valence-corrected chi connectivity index (χ0v) is 22.1. The van der Waals surface area contributed by atoms with Crippen molar-refractivity contribution in [2.45, 2.75) is 12.5 Å². The second kappa shape index (κ2) is 10.6. The van der Waals surface area contributed by atoms with Crippen molar-refractivity contribution in [2.75, 3.05) is 48.3 Å². The van der Waals surface area contributed by atoms with Gasteiger partial charge < -0.3 is 27.1 Å². The van der Waals surface area contributed by atoms with E-state index in [-0.39, 0.29) is 35.6 Å². The van der Waals surface area contributed by atoms with Crippen molar-refractivity contribution in [3.63, 3.8) is 0 Å². The van der Waals surface area contributed by atoms with E-state index in [4.69, 9.17) is 21.5 Å². The summed E-state index contributed by atoms with van der Waals surface area (Å²) in [6, 6.07) is 9.97. The quantitative estimate of drug-likeness (QED) is 0.144. The number of anilines is 4. The fourth-order valence-electron chi connectivity index (χ4n) is 5.92. The summed E-state index contributed by atoms with van der Waals surface area (Å²) in [6.45, 7) is 3.57. The zero-order valence-electron chi connectivity index (χ0n) is 21.2. The molecule has 202 valence electrons. The molecule has 2 aromatic heterocycles. The summed E-state index contributed by atoms with van der Waals surface area (Å²) in [5.41, 5.74) is 8.13. The molecule has 6 N–H and O–H groups in total. The van der Waals surface area contributed by atoms with Crippen molar-refractivity contribution in [3.8, 4) is 0 Å². The molecule has 13 heteroatoms. The maximum atomic E-state index is 12.7. The van der Waals surface area contributed by atoms with E-state index in [2.05, 4.69) is 55.1 Å². The second-order valence-corrected chi connectivity index (χ2v) is 11.0. The molecule has 39 heavy (non-hydrogen) atoms. The zero-order chi connectivity index (χ0) is 26.9. The molecule has 6 rings (SSSR count). The number of fused-ring (bicyclic) bond motifs is 3. The van der Waals surface area contributed by atoms with Gasteiger partial charge in [-0.05, 0) is 54.0 Å². The number of aromatic nitrogens is 2. The first kappa shape index (κ1) is 25.2. The lowest BCUT2D eigenvalue weighted by atomic mass is 9.88. The van der Waals surface area contributed by atoms with Crippen LogP contribution < -0.4 is 27.1 Å². The molecule has 1 aromatic carbocycles. The SMILES string of the molecule is NN=NC(=O)[C@H]1C2C=CC(C2)[C@H]1Nc1nc(Nc2ccc(N3CCN(CC(N)=O)CC3)cc2)nc2ccsc12. The summed E-state index contributed by atoms with van der Waals surface area (Å²) in [7, 11) is 0. The van der Waals surface area contributed by atoms with E-state index in [0.717, 1.165) is 54.2 Å². The third-order valence-electron chi connectivity index (χ3n) is 7.75. The van der Waals surface area contributed by atoms with Gasteiger partial charge in [0.25, 0.3) is 5.91 Å². The molecule has 2 fully saturated rings. The number of carbonyl (C=O) groups is 2. The summed E-state index contributed by atoms with van der Waals surface area (Å²) >= 11 is 1.56. The molecular weight excluding hydrogens is 516 g/mol. The van der Waals surface area contributed by atoms with Crippen LogP contribution in [0.1, 0.15) is 6.42 Å². The summed E-state index contributed by atoms with van der Waals surface area (Å²) in [4.78, 5) is 37.7. The number of benzene rings is 1. The first-order valence-corrected chi connectivity index (χ1v) is 13.8. The number of allylic oxidation sites excluding steroid dienone is 1. The predicted octanol–water partition coefficient (Wildman–Crippen LogP) is 2.50. The lowest BCUT2D eigenvalue weighted by Gasteiger charge is -2.35. The number of amides is 2. The summed E-state index contributed by atoms with van der Waals surface area (Å²) < 4.78 is 0.935. The Kier molecular flexibility index (Phi) is 6.83. The smallest absolute Gasteiger partial charge is 0.272 e. The van der Waals surface area contributed by atoms with Crippen molar-refractivity contribution in [1.82, 2.24) is 14.9 Å². The number of nitrogens with one attached hydrogen (secondary N) is 2. The first-order valence-electron chi connectivity index (χ1n) is 13.0. The van der Waals surface area contributed by atoms with Gasteiger partial charge in [0.15, 0.2) is 0 Å². The molecule has 0 radical (unpaired) electrons.